The van der Waals surface area contributed by atoms with Crippen molar-refractivity contribution in [2.24, 2.45) is 0 Å². The zero-order valence-corrected chi connectivity index (χ0v) is 16.0. The molecule has 1 saturated heterocycles. The molecule has 6 nitrogen and oxygen atoms in total. The first kappa shape index (κ1) is 18.3. The zero-order chi connectivity index (χ0) is 19.7. The molecule has 0 aliphatic carbocycles. The summed E-state index contributed by atoms with van der Waals surface area (Å²) in [5.41, 5.74) is 2.17. The van der Waals surface area contributed by atoms with Gasteiger partial charge in [0.25, 0.3) is 5.91 Å². The highest BCUT2D eigenvalue weighted by molar-refractivity contribution is 6.32. The average Bonchev–Trinajstić information content (AvgIpc) is 3.13. The number of fused-ring (bicyclic) bond motifs is 1. The van der Waals surface area contributed by atoms with Crippen LogP contribution >= 0.6 is 11.6 Å². The standard InChI is InChI=1S/C21H18ClN3O3/c1-28-18-7-6-15(12-17(18)25-9-3-5-19(25)26)24-21(27)16-11-14(22)10-13-4-2-8-23-20(13)16/h2,4,6-8,10-12H,3,5,9H2,1H3,(H,24,27). The average molecular weight is 396 g/mol. The number of carbonyl (C=O) groups excluding carboxylic acids is 2. The van der Waals surface area contributed by atoms with E-state index in [1.807, 2.05) is 6.07 Å². The van der Waals surface area contributed by atoms with Crippen molar-refractivity contribution in [1.82, 2.24) is 4.98 Å². The van der Waals surface area contributed by atoms with Crippen LogP contribution in [0.25, 0.3) is 10.9 Å². The van der Waals surface area contributed by atoms with E-state index in [0.717, 1.165) is 11.8 Å². The lowest BCUT2D eigenvalue weighted by molar-refractivity contribution is -0.117. The fourth-order valence-electron chi connectivity index (χ4n) is 3.41. The highest BCUT2D eigenvalue weighted by Gasteiger charge is 2.25. The molecule has 2 amide bonds. The van der Waals surface area contributed by atoms with Crippen LogP contribution in [-0.4, -0.2) is 30.5 Å². The van der Waals surface area contributed by atoms with Crippen molar-refractivity contribution >= 4 is 45.7 Å². The van der Waals surface area contributed by atoms with E-state index < -0.39 is 0 Å². The Balaban J connectivity index is 1.68. The van der Waals surface area contributed by atoms with Gasteiger partial charge in [-0.1, -0.05) is 17.7 Å². The first-order chi connectivity index (χ1) is 13.6. The Bertz CT molecular complexity index is 1080. The first-order valence-electron chi connectivity index (χ1n) is 8.91. The van der Waals surface area contributed by atoms with Crippen LogP contribution in [0.4, 0.5) is 11.4 Å². The number of halogens is 1. The van der Waals surface area contributed by atoms with Gasteiger partial charge in [-0.3, -0.25) is 14.6 Å². The molecule has 1 N–H and O–H groups in total. The van der Waals surface area contributed by atoms with Crippen LogP contribution in [0.15, 0.2) is 48.7 Å². The number of nitrogens with zero attached hydrogens (tertiary/aromatic N) is 2. The predicted molar refractivity (Wildman–Crippen MR) is 109 cm³/mol. The number of methoxy groups -OCH3 is 1. The highest BCUT2D eigenvalue weighted by atomic mass is 35.5. The van der Waals surface area contributed by atoms with Crippen molar-refractivity contribution in [2.45, 2.75) is 12.8 Å². The number of pyridine rings is 1. The quantitative estimate of drug-likeness (QED) is 0.715. The highest BCUT2D eigenvalue weighted by Crippen LogP contribution is 2.34. The largest absolute Gasteiger partial charge is 0.495 e. The van der Waals surface area contributed by atoms with Gasteiger partial charge in [-0.15, -0.1) is 0 Å². The van der Waals surface area contributed by atoms with Crippen molar-refractivity contribution in [3.05, 3.63) is 59.2 Å². The second kappa shape index (κ2) is 7.48. The normalized spacial score (nSPS) is 13.8. The number of aromatic nitrogens is 1. The summed E-state index contributed by atoms with van der Waals surface area (Å²) in [5, 5.41) is 4.13. The summed E-state index contributed by atoms with van der Waals surface area (Å²) in [6, 6.07) is 12.2. The van der Waals surface area contributed by atoms with E-state index in [9.17, 15) is 9.59 Å². The second-order valence-corrected chi connectivity index (χ2v) is 6.95. The number of anilines is 2. The molecule has 7 heteroatoms. The molecule has 1 fully saturated rings. The minimum Gasteiger partial charge on any atom is -0.495 e. The number of nitrogens with one attached hydrogen (secondary N) is 1. The van der Waals surface area contributed by atoms with Gasteiger partial charge in [0, 0.05) is 35.3 Å². The summed E-state index contributed by atoms with van der Waals surface area (Å²) in [4.78, 5) is 31.0. The SMILES string of the molecule is COc1ccc(NC(=O)c2cc(Cl)cc3cccnc23)cc1N1CCCC1=O. The summed E-state index contributed by atoms with van der Waals surface area (Å²) in [5.74, 6) is 0.310. The lowest BCUT2D eigenvalue weighted by Crippen LogP contribution is -2.24. The third-order valence-corrected chi connectivity index (χ3v) is 4.93. The Morgan fingerprint density at radius 3 is 2.86 bits per heavy atom. The zero-order valence-electron chi connectivity index (χ0n) is 15.2. The van der Waals surface area contributed by atoms with Crippen LogP contribution in [0.3, 0.4) is 0 Å². The summed E-state index contributed by atoms with van der Waals surface area (Å²) in [7, 11) is 1.56. The molecule has 0 bridgehead atoms. The monoisotopic (exact) mass is 395 g/mol. The summed E-state index contributed by atoms with van der Waals surface area (Å²) in [6.45, 7) is 0.634. The van der Waals surface area contributed by atoms with E-state index in [-0.39, 0.29) is 11.8 Å². The van der Waals surface area contributed by atoms with Crippen LogP contribution < -0.4 is 15.0 Å². The van der Waals surface area contributed by atoms with Gasteiger partial charge >= 0.3 is 0 Å². The molecule has 3 aromatic rings. The van der Waals surface area contributed by atoms with Gasteiger partial charge in [0.1, 0.15) is 5.75 Å². The Hall–Kier alpha value is -3.12. The Morgan fingerprint density at radius 2 is 2.11 bits per heavy atom. The lowest BCUT2D eigenvalue weighted by atomic mass is 10.1. The fourth-order valence-corrected chi connectivity index (χ4v) is 3.64. The molecule has 0 saturated carbocycles. The van der Waals surface area contributed by atoms with Crippen molar-refractivity contribution in [3.63, 3.8) is 0 Å². The van der Waals surface area contributed by atoms with Gasteiger partial charge in [0.05, 0.1) is 23.9 Å². The Labute approximate surface area is 167 Å². The van der Waals surface area contributed by atoms with Crippen molar-refractivity contribution in [2.75, 3.05) is 23.9 Å². The van der Waals surface area contributed by atoms with Crippen molar-refractivity contribution in [1.29, 1.82) is 0 Å². The maximum absolute atomic E-state index is 12.9. The minimum absolute atomic E-state index is 0.0480. The van der Waals surface area contributed by atoms with Crippen molar-refractivity contribution < 1.29 is 14.3 Å². The number of hydrogen-bond acceptors (Lipinski definition) is 4. The molecule has 1 aliphatic rings. The third-order valence-electron chi connectivity index (χ3n) is 4.72. The van der Waals surface area contributed by atoms with Crippen molar-refractivity contribution in [3.8, 4) is 5.75 Å². The molecule has 0 unspecified atom stereocenters. The van der Waals surface area contributed by atoms with Gasteiger partial charge in [-0.05, 0) is 42.8 Å². The third kappa shape index (κ3) is 3.39. The lowest BCUT2D eigenvalue weighted by Gasteiger charge is -2.20. The number of ether oxygens (including phenoxy) is 1. The predicted octanol–water partition coefficient (Wildman–Crippen LogP) is 4.28. The fraction of sp³-hybridized carbons (Fsp3) is 0.190. The molecule has 0 atom stereocenters. The summed E-state index contributed by atoms with van der Waals surface area (Å²) < 4.78 is 5.39. The van der Waals surface area contributed by atoms with Gasteiger partial charge in [0.2, 0.25) is 5.91 Å². The smallest absolute Gasteiger partial charge is 0.257 e. The van der Waals surface area contributed by atoms with Crippen LogP contribution in [0, 0.1) is 0 Å². The van der Waals surface area contributed by atoms with Gasteiger partial charge in [0.15, 0.2) is 0 Å². The topological polar surface area (TPSA) is 71.5 Å². The summed E-state index contributed by atoms with van der Waals surface area (Å²) in [6.07, 6.45) is 2.95. The molecular formula is C21H18ClN3O3. The minimum atomic E-state index is -0.324. The van der Waals surface area contributed by atoms with Crippen LogP contribution in [0.2, 0.25) is 5.02 Å². The number of benzene rings is 2. The molecule has 2 heterocycles. The van der Waals surface area contributed by atoms with E-state index in [2.05, 4.69) is 10.3 Å². The Morgan fingerprint density at radius 1 is 1.25 bits per heavy atom. The van der Waals surface area contributed by atoms with E-state index in [1.165, 1.54) is 0 Å². The number of hydrogen-bond donors (Lipinski definition) is 1. The van der Waals surface area contributed by atoms with Crippen LogP contribution in [0.5, 0.6) is 5.75 Å². The van der Waals surface area contributed by atoms with Gasteiger partial charge < -0.3 is 15.0 Å². The van der Waals surface area contributed by atoms with Crippen LogP contribution in [-0.2, 0) is 4.79 Å². The Kier molecular flexibility index (Phi) is 4.88. The van der Waals surface area contributed by atoms with E-state index >= 15 is 0 Å². The molecule has 1 aromatic heterocycles. The van der Waals surface area contributed by atoms with E-state index in [0.29, 0.717) is 46.2 Å². The number of rotatable bonds is 4. The first-order valence-corrected chi connectivity index (χ1v) is 9.28. The second-order valence-electron chi connectivity index (χ2n) is 6.52. The molecule has 1 aliphatic heterocycles. The maximum Gasteiger partial charge on any atom is 0.257 e. The molecular weight excluding hydrogens is 378 g/mol. The molecule has 4 rings (SSSR count). The maximum atomic E-state index is 12.9. The van der Waals surface area contributed by atoms with Crippen LogP contribution in [0.1, 0.15) is 23.2 Å². The molecule has 142 valence electrons. The van der Waals surface area contributed by atoms with E-state index in [1.54, 1.807) is 54.6 Å². The number of carbonyl (C=O) groups is 2. The molecule has 0 radical (unpaired) electrons. The summed E-state index contributed by atoms with van der Waals surface area (Å²) >= 11 is 6.17. The molecule has 0 spiro atoms. The molecule has 28 heavy (non-hydrogen) atoms. The van der Waals surface area contributed by atoms with Gasteiger partial charge in [-0.25, -0.2) is 0 Å². The molecule has 2 aromatic carbocycles. The van der Waals surface area contributed by atoms with Gasteiger partial charge in [-0.2, -0.15) is 0 Å². The number of amides is 2. The van der Waals surface area contributed by atoms with E-state index in [4.69, 9.17) is 16.3 Å².